The first kappa shape index (κ1) is 14.1. The van der Waals surface area contributed by atoms with Crippen LogP contribution in [0, 0.1) is 0 Å². The van der Waals surface area contributed by atoms with E-state index in [1.165, 1.54) is 0 Å². The molecule has 0 radical (unpaired) electrons. The number of hydrogen-bond donors (Lipinski definition) is 1. The van der Waals surface area contributed by atoms with Crippen LogP contribution in [-0.4, -0.2) is 15.5 Å². The van der Waals surface area contributed by atoms with Gasteiger partial charge in [-0.05, 0) is 48.0 Å². The van der Waals surface area contributed by atoms with Crippen molar-refractivity contribution in [1.82, 2.24) is 9.55 Å². The molecule has 0 spiro atoms. The lowest BCUT2D eigenvalue weighted by Crippen LogP contribution is -2.18. The molecule has 4 nitrogen and oxygen atoms in total. The van der Waals surface area contributed by atoms with E-state index in [4.69, 9.17) is 11.6 Å². The molecule has 0 aliphatic carbocycles. The Labute approximate surface area is 124 Å². The van der Waals surface area contributed by atoms with Gasteiger partial charge >= 0.3 is 0 Å². The zero-order chi connectivity index (χ0) is 14.0. The Bertz CT molecular complexity index is 610. The van der Waals surface area contributed by atoms with Gasteiger partial charge in [-0.2, -0.15) is 0 Å². The summed E-state index contributed by atoms with van der Waals surface area (Å²) in [6.07, 6.45) is 3.46. The lowest BCUT2D eigenvalue weighted by atomic mass is 10.3. The number of amides is 1. The van der Waals surface area contributed by atoms with E-state index in [0.29, 0.717) is 16.5 Å². The van der Waals surface area contributed by atoms with Crippen molar-refractivity contribution >= 4 is 39.3 Å². The summed E-state index contributed by atoms with van der Waals surface area (Å²) >= 11 is 9.35. The molecule has 0 saturated carbocycles. The van der Waals surface area contributed by atoms with Gasteiger partial charge in [0.25, 0.3) is 5.91 Å². The Morgan fingerprint density at radius 3 is 2.89 bits per heavy atom. The SMILES string of the molecule is CC(C)n1cc(Br)cc1C(=O)Nc1ncccc1Cl. The fourth-order valence-electron chi connectivity index (χ4n) is 1.70. The summed E-state index contributed by atoms with van der Waals surface area (Å²) in [5, 5.41) is 3.13. The summed E-state index contributed by atoms with van der Waals surface area (Å²) in [4.78, 5) is 16.3. The molecule has 19 heavy (non-hydrogen) atoms. The van der Waals surface area contributed by atoms with Gasteiger partial charge in [0, 0.05) is 22.9 Å². The molecule has 0 fully saturated rings. The van der Waals surface area contributed by atoms with Crippen LogP contribution in [0.5, 0.6) is 0 Å². The van der Waals surface area contributed by atoms with Gasteiger partial charge in [0.05, 0.1) is 5.02 Å². The number of anilines is 1. The van der Waals surface area contributed by atoms with Crippen LogP contribution in [0.25, 0.3) is 0 Å². The van der Waals surface area contributed by atoms with E-state index in [2.05, 4.69) is 26.2 Å². The Balaban J connectivity index is 2.28. The second-order valence-electron chi connectivity index (χ2n) is 4.33. The first-order valence-corrected chi connectivity index (χ1v) is 6.95. The van der Waals surface area contributed by atoms with Crippen molar-refractivity contribution < 1.29 is 4.79 Å². The highest BCUT2D eigenvalue weighted by Crippen LogP contribution is 2.22. The molecular formula is C13H13BrClN3O. The second kappa shape index (κ2) is 5.75. The van der Waals surface area contributed by atoms with Crippen LogP contribution in [0.15, 0.2) is 35.1 Å². The predicted octanol–water partition coefficient (Wildman–Crippen LogP) is 4.13. The van der Waals surface area contributed by atoms with Crippen LogP contribution in [-0.2, 0) is 0 Å². The average Bonchev–Trinajstić information content (AvgIpc) is 2.74. The minimum Gasteiger partial charge on any atom is -0.340 e. The molecule has 100 valence electrons. The molecule has 1 N–H and O–H groups in total. The number of pyridine rings is 1. The number of nitrogens with one attached hydrogen (secondary N) is 1. The number of carbonyl (C=O) groups excluding carboxylic acids is 1. The second-order valence-corrected chi connectivity index (χ2v) is 5.66. The van der Waals surface area contributed by atoms with E-state index in [1.54, 1.807) is 24.4 Å². The highest BCUT2D eigenvalue weighted by atomic mass is 79.9. The Hall–Kier alpha value is -1.33. The molecule has 0 aromatic carbocycles. The fraction of sp³-hybridized carbons (Fsp3) is 0.231. The van der Waals surface area contributed by atoms with Crippen molar-refractivity contribution in [3.05, 3.63) is 45.8 Å². The van der Waals surface area contributed by atoms with E-state index < -0.39 is 0 Å². The molecule has 0 aliphatic rings. The molecule has 2 rings (SSSR count). The Kier molecular flexibility index (Phi) is 4.27. The summed E-state index contributed by atoms with van der Waals surface area (Å²) in [6, 6.07) is 5.35. The topological polar surface area (TPSA) is 46.9 Å². The van der Waals surface area contributed by atoms with Gasteiger partial charge in [-0.25, -0.2) is 4.98 Å². The van der Waals surface area contributed by atoms with Crippen molar-refractivity contribution in [2.24, 2.45) is 0 Å². The average molecular weight is 343 g/mol. The van der Waals surface area contributed by atoms with E-state index in [0.717, 1.165) is 4.47 Å². The zero-order valence-corrected chi connectivity index (χ0v) is 12.9. The molecule has 0 unspecified atom stereocenters. The van der Waals surface area contributed by atoms with Crippen LogP contribution in [0.1, 0.15) is 30.4 Å². The van der Waals surface area contributed by atoms with E-state index in [9.17, 15) is 4.79 Å². The summed E-state index contributed by atoms with van der Waals surface area (Å²) in [5.74, 6) is 0.127. The van der Waals surface area contributed by atoms with Crippen molar-refractivity contribution in [2.75, 3.05) is 5.32 Å². The van der Waals surface area contributed by atoms with Gasteiger partial charge in [-0.1, -0.05) is 11.6 Å². The van der Waals surface area contributed by atoms with Gasteiger partial charge in [-0.15, -0.1) is 0 Å². The largest absolute Gasteiger partial charge is 0.340 e. The van der Waals surface area contributed by atoms with Gasteiger partial charge in [0.2, 0.25) is 0 Å². The highest BCUT2D eigenvalue weighted by Gasteiger charge is 2.16. The van der Waals surface area contributed by atoms with Gasteiger partial charge in [0.1, 0.15) is 5.69 Å². The molecule has 2 heterocycles. The van der Waals surface area contributed by atoms with Crippen LogP contribution >= 0.6 is 27.5 Å². The van der Waals surface area contributed by atoms with Gasteiger partial charge < -0.3 is 9.88 Å². The monoisotopic (exact) mass is 341 g/mol. The Morgan fingerprint density at radius 1 is 1.53 bits per heavy atom. The third-order valence-electron chi connectivity index (χ3n) is 2.59. The molecule has 0 bridgehead atoms. The lowest BCUT2D eigenvalue weighted by molar-refractivity contribution is 0.101. The zero-order valence-electron chi connectivity index (χ0n) is 10.5. The summed E-state index contributed by atoms with van der Waals surface area (Å²) < 4.78 is 2.74. The summed E-state index contributed by atoms with van der Waals surface area (Å²) in [5.41, 5.74) is 0.559. The number of halogens is 2. The van der Waals surface area contributed by atoms with Crippen molar-refractivity contribution in [3.8, 4) is 0 Å². The molecule has 2 aromatic rings. The molecule has 6 heteroatoms. The van der Waals surface area contributed by atoms with E-state index in [-0.39, 0.29) is 11.9 Å². The van der Waals surface area contributed by atoms with E-state index >= 15 is 0 Å². The first-order chi connectivity index (χ1) is 8.99. The molecular weight excluding hydrogens is 330 g/mol. The number of aromatic nitrogens is 2. The molecule has 2 aromatic heterocycles. The quantitative estimate of drug-likeness (QED) is 0.911. The Morgan fingerprint density at radius 2 is 2.26 bits per heavy atom. The maximum absolute atomic E-state index is 12.3. The van der Waals surface area contributed by atoms with Gasteiger partial charge in [-0.3, -0.25) is 4.79 Å². The first-order valence-electron chi connectivity index (χ1n) is 5.78. The number of nitrogens with zero attached hydrogens (tertiary/aromatic N) is 2. The number of hydrogen-bond acceptors (Lipinski definition) is 2. The molecule has 0 saturated heterocycles. The molecule has 1 amide bonds. The summed E-state index contributed by atoms with van der Waals surface area (Å²) in [7, 11) is 0. The van der Waals surface area contributed by atoms with Crippen LogP contribution in [0.4, 0.5) is 5.82 Å². The van der Waals surface area contributed by atoms with Crippen LogP contribution in [0.3, 0.4) is 0 Å². The van der Waals surface area contributed by atoms with Gasteiger partial charge in [0.15, 0.2) is 5.82 Å². The number of carbonyl (C=O) groups is 1. The minimum absolute atomic E-state index is 0.186. The standard InChI is InChI=1S/C13H13BrClN3O/c1-8(2)18-7-9(14)6-11(18)13(19)17-12-10(15)4-3-5-16-12/h3-8H,1-2H3,(H,16,17,19). The number of rotatable bonds is 3. The van der Waals surface area contributed by atoms with Crippen LogP contribution < -0.4 is 5.32 Å². The van der Waals surface area contributed by atoms with Crippen molar-refractivity contribution in [1.29, 1.82) is 0 Å². The highest BCUT2D eigenvalue weighted by molar-refractivity contribution is 9.10. The minimum atomic E-state index is -0.236. The normalized spacial score (nSPS) is 10.8. The third-order valence-corrected chi connectivity index (χ3v) is 3.33. The smallest absolute Gasteiger partial charge is 0.273 e. The summed E-state index contributed by atoms with van der Waals surface area (Å²) in [6.45, 7) is 4.02. The maximum Gasteiger partial charge on any atom is 0.273 e. The lowest BCUT2D eigenvalue weighted by Gasteiger charge is -2.12. The maximum atomic E-state index is 12.3. The van der Waals surface area contributed by atoms with Crippen molar-refractivity contribution in [2.45, 2.75) is 19.9 Å². The molecule has 0 atom stereocenters. The fourth-order valence-corrected chi connectivity index (χ4v) is 2.31. The van der Waals surface area contributed by atoms with Crippen molar-refractivity contribution in [3.63, 3.8) is 0 Å². The van der Waals surface area contributed by atoms with E-state index in [1.807, 2.05) is 24.6 Å². The molecule has 0 aliphatic heterocycles. The predicted molar refractivity (Wildman–Crippen MR) is 79.7 cm³/mol. The third kappa shape index (κ3) is 3.16. The van der Waals surface area contributed by atoms with Crippen LogP contribution in [0.2, 0.25) is 5.02 Å².